The summed E-state index contributed by atoms with van der Waals surface area (Å²) in [6, 6.07) is 11.3. The van der Waals surface area contributed by atoms with Crippen LogP contribution in [0.5, 0.6) is 11.5 Å². The second-order valence-corrected chi connectivity index (χ2v) is 9.51. The average Bonchev–Trinajstić information content (AvgIpc) is 3.66. The summed E-state index contributed by atoms with van der Waals surface area (Å²) in [5, 5.41) is 16.1. The molecule has 0 radical (unpaired) electrons. The minimum Gasteiger partial charge on any atom is -0.493 e. The van der Waals surface area contributed by atoms with Gasteiger partial charge in [-0.2, -0.15) is 10.1 Å². The van der Waals surface area contributed by atoms with Gasteiger partial charge in [0.2, 0.25) is 0 Å². The van der Waals surface area contributed by atoms with Crippen molar-refractivity contribution in [2.45, 2.75) is 13.0 Å². The second kappa shape index (κ2) is 8.04. The second-order valence-electron chi connectivity index (χ2n) is 9.51. The van der Waals surface area contributed by atoms with Gasteiger partial charge in [0.05, 0.1) is 30.1 Å². The van der Waals surface area contributed by atoms with Crippen molar-refractivity contribution in [2.24, 2.45) is 40.6 Å². The van der Waals surface area contributed by atoms with Gasteiger partial charge < -0.3 is 9.47 Å². The van der Waals surface area contributed by atoms with Crippen LogP contribution >= 0.6 is 0 Å². The summed E-state index contributed by atoms with van der Waals surface area (Å²) in [6.07, 6.45) is 6.89. The van der Waals surface area contributed by atoms with Crippen LogP contribution in [-0.2, 0) is 16.2 Å². The number of imide groups is 1. The number of methoxy groups -OCH3 is 1. The first-order chi connectivity index (χ1) is 17.0. The zero-order chi connectivity index (χ0) is 24.3. The van der Waals surface area contributed by atoms with Crippen LogP contribution in [0.25, 0.3) is 0 Å². The number of benzene rings is 2. The van der Waals surface area contributed by atoms with Crippen LogP contribution in [0.1, 0.15) is 17.5 Å². The zero-order valence-electron chi connectivity index (χ0n) is 18.9. The van der Waals surface area contributed by atoms with E-state index < -0.39 is 4.92 Å². The summed E-state index contributed by atoms with van der Waals surface area (Å²) in [4.78, 5) is 36.5. The molecule has 0 aromatic heterocycles. The summed E-state index contributed by atoms with van der Waals surface area (Å²) < 4.78 is 11.3. The summed E-state index contributed by atoms with van der Waals surface area (Å²) in [7, 11) is 1.52. The highest BCUT2D eigenvalue weighted by Crippen LogP contribution is 2.65. The lowest BCUT2D eigenvalue weighted by Crippen LogP contribution is -2.40. The number of nitro groups is 1. The van der Waals surface area contributed by atoms with Crippen LogP contribution in [0.3, 0.4) is 0 Å². The highest BCUT2D eigenvalue weighted by Gasteiger charge is 2.67. The van der Waals surface area contributed by atoms with Gasteiger partial charge in [-0.3, -0.25) is 19.7 Å². The Balaban J connectivity index is 1.15. The van der Waals surface area contributed by atoms with E-state index in [1.165, 1.54) is 25.5 Å². The summed E-state index contributed by atoms with van der Waals surface area (Å²) in [6.45, 7) is 0.208. The summed E-state index contributed by atoms with van der Waals surface area (Å²) >= 11 is 0. The van der Waals surface area contributed by atoms with Crippen molar-refractivity contribution < 1.29 is 24.0 Å². The molecule has 3 fully saturated rings. The predicted octanol–water partition coefficient (Wildman–Crippen LogP) is 3.57. The quantitative estimate of drug-likeness (QED) is 0.200. The lowest BCUT2D eigenvalue weighted by Gasteiger charge is -2.37. The maximum atomic E-state index is 13.1. The van der Waals surface area contributed by atoms with Gasteiger partial charge in [0.25, 0.3) is 17.5 Å². The Bertz CT molecular complexity index is 1250. The standard InChI is InChI=1S/C26H23N3O6/c1-34-22-10-15(4-9-21(22)35-13-14-2-5-16(6-3-14)29(32)33)12-27-28-25(30)23-17-7-8-18(20-11-19(17)20)24(23)26(28)31/h2-10,12,17-20,23-24H,11,13H2,1H3. The van der Waals surface area contributed by atoms with E-state index in [9.17, 15) is 19.7 Å². The van der Waals surface area contributed by atoms with Crippen LogP contribution in [0.15, 0.2) is 59.7 Å². The van der Waals surface area contributed by atoms with E-state index in [-0.39, 0.29) is 47.8 Å². The molecule has 2 amide bonds. The fourth-order valence-electron chi connectivity index (χ4n) is 5.94. The molecule has 0 N–H and O–H groups in total. The van der Waals surface area contributed by atoms with Gasteiger partial charge in [0.15, 0.2) is 11.5 Å². The highest BCUT2D eigenvalue weighted by molar-refractivity contribution is 6.06. The SMILES string of the molecule is COc1cc(C=NN2C(=O)C3C4C=CC(C5CC45)C3C2=O)ccc1OCc1ccc([N+](=O)[O-])cc1. The Labute approximate surface area is 201 Å². The van der Waals surface area contributed by atoms with Crippen molar-refractivity contribution in [1.82, 2.24) is 5.01 Å². The van der Waals surface area contributed by atoms with Gasteiger partial charge in [0, 0.05) is 12.1 Å². The van der Waals surface area contributed by atoms with Gasteiger partial charge in [-0.05, 0) is 71.6 Å². The van der Waals surface area contributed by atoms with E-state index in [1.54, 1.807) is 30.3 Å². The third kappa shape index (κ3) is 3.50. The van der Waals surface area contributed by atoms with Crippen LogP contribution in [0.2, 0.25) is 0 Å². The van der Waals surface area contributed by atoms with Crippen LogP contribution < -0.4 is 9.47 Å². The molecular formula is C26H23N3O6. The Kier molecular flexibility index (Phi) is 4.94. The molecule has 2 aromatic carbocycles. The highest BCUT2D eigenvalue weighted by atomic mass is 16.6. The molecule has 5 aliphatic rings. The molecular weight excluding hydrogens is 450 g/mol. The molecule has 2 aromatic rings. The summed E-state index contributed by atoms with van der Waals surface area (Å²) in [5.74, 6) is 1.44. The third-order valence-electron chi connectivity index (χ3n) is 7.69. The molecule has 178 valence electrons. The number of carbonyl (C=O) groups excluding carboxylic acids is 2. The fourth-order valence-corrected chi connectivity index (χ4v) is 5.94. The molecule has 6 atom stereocenters. The Morgan fingerprint density at radius 2 is 1.69 bits per heavy atom. The number of non-ortho nitro benzene ring substituents is 1. The number of nitrogens with zero attached hydrogens (tertiary/aromatic N) is 3. The van der Waals surface area contributed by atoms with Gasteiger partial charge in [-0.1, -0.05) is 12.2 Å². The smallest absolute Gasteiger partial charge is 0.269 e. The fraction of sp³-hybridized carbons (Fsp3) is 0.346. The molecule has 1 saturated heterocycles. The molecule has 9 heteroatoms. The molecule has 1 heterocycles. The Morgan fingerprint density at radius 1 is 1.03 bits per heavy atom. The zero-order valence-corrected chi connectivity index (χ0v) is 18.9. The van der Waals surface area contributed by atoms with E-state index in [2.05, 4.69) is 17.3 Å². The minimum absolute atomic E-state index is 0.0184. The Hall–Kier alpha value is -4.01. The van der Waals surface area contributed by atoms with Gasteiger partial charge in [0.1, 0.15) is 6.61 Å². The number of hydrazone groups is 1. The van der Waals surface area contributed by atoms with Gasteiger partial charge >= 0.3 is 0 Å². The lowest BCUT2D eigenvalue weighted by atomic mass is 9.63. The van der Waals surface area contributed by atoms with E-state index in [4.69, 9.17) is 9.47 Å². The van der Waals surface area contributed by atoms with E-state index in [0.29, 0.717) is 28.9 Å². The lowest BCUT2D eigenvalue weighted by molar-refractivity contribution is -0.384. The molecule has 35 heavy (non-hydrogen) atoms. The normalized spacial score (nSPS) is 29.9. The number of rotatable bonds is 7. The molecule has 4 aliphatic carbocycles. The molecule has 7 rings (SSSR count). The van der Waals surface area contributed by atoms with Gasteiger partial charge in [-0.25, -0.2) is 0 Å². The van der Waals surface area contributed by atoms with Crippen molar-refractivity contribution in [3.8, 4) is 11.5 Å². The number of amides is 2. The number of hydrogen-bond acceptors (Lipinski definition) is 7. The molecule has 1 aliphatic heterocycles. The van der Waals surface area contributed by atoms with Crippen molar-refractivity contribution in [3.63, 3.8) is 0 Å². The number of ether oxygens (including phenoxy) is 2. The third-order valence-corrected chi connectivity index (χ3v) is 7.69. The number of nitro benzene ring substituents is 1. The topological polar surface area (TPSA) is 111 Å². The predicted molar refractivity (Wildman–Crippen MR) is 125 cm³/mol. The first-order valence-corrected chi connectivity index (χ1v) is 11.6. The largest absolute Gasteiger partial charge is 0.493 e. The summed E-state index contributed by atoms with van der Waals surface area (Å²) in [5.41, 5.74) is 1.45. The monoisotopic (exact) mass is 473 g/mol. The molecule has 2 saturated carbocycles. The average molecular weight is 473 g/mol. The van der Waals surface area contributed by atoms with Gasteiger partial charge in [-0.15, -0.1) is 0 Å². The maximum Gasteiger partial charge on any atom is 0.269 e. The van der Waals surface area contributed by atoms with Crippen molar-refractivity contribution in [1.29, 1.82) is 0 Å². The minimum atomic E-state index is -0.450. The number of allylic oxidation sites excluding steroid dienone is 2. The molecule has 6 unspecified atom stereocenters. The maximum absolute atomic E-state index is 13.1. The molecule has 2 bridgehead atoms. The van der Waals surface area contributed by atoms with Crippen molar-refractivity contribution in [3.05, 3.63) is 75.9 Å². The van der Waals surface area contributed by atoms with Crippen LogP contribution in [0.4, 0.5) is 5.69 Å². The Morgan fingerprint density at radius 3 is 2.29 bits per heavy atom. The van der Waals surface area contributed by atoms with E-state index in [0.717, 1.165) is 17.0 Å². The molecule has 9 nitrogen and oxygen atoms in total. The van der Waals surface area contributed by atoms with Crippen LogP contribution in [0, 0.1) is 45.6 Å². The first-order valence-electron chi connectivity index (χ1n) is 11.6. The first kappa shape index (κ1) is 21.5. The number of carbonyl (C=O) groups is 2. The van der Waals surface area contributed by atoms with Crippen molar-refractivity contribution in [2.75, 3.05) is 7.11 Å². The number of hydrogen-bond donors (Lipinski definition) is 0. The van der Waals surface area contributed by atoms with Crippen LogP contribution in [-0.4, -0.2) is 35.1 Å². The van der Waals surface area contributed by atoms with Crippen molar-refractivity contribution >= 4 is 23.7 Å². The van der Waals surface area contributed by atoms with E-state index >= 15 is 0 Å². The van der Waals surface area contributed by atoms with E-state index in [1.807, 2.05) is 0 Å². The molecule has 0 spiro atoms.